The van der Waals surface area contributed by atoms with E-state index in [0.717, 1.165) is 31.5 Å². The molecule has 14 heavy (non-hydrogen) atoms. The number of carbonyl (C=O) groups excluding carboxylic acids is 1. The van der Waals surface area contributed by atoms with E-state index in [0.29, 0.717) is 18.1 Å². The molecule has 1 unspecified atom stereocenters. The number of aryl methyl sites for hydroxylation is 1. The fourth-order valence-corrected chi connectivity index (χ4v) is 2.03. The van der Waals surface area contributed by atoms with Crippen molar-refractivity contribution in [2.45, 2.75) is 45.1 Å². The Morgan fingerprint density at radius 3 is 3.14 bits per heavy atom. The fraction of sp³-hybridized carbons (Fsp3) is 0.700. The van der Waals surface area contributed by atoms with Crippen LogP contribution in [0.3, 0.4) is 0 Å². The molecule has 0 aromatic carbocycles. The zero-order valence-corrected chi connectivity index (χ0v) is 8.44. The third-order valence-corrected chi connectivity index (χ3v) is 2.75. The van der Waals surface area contributed by atoms with Crippen LogP contribution in [-0.2, 0) is 11.3 Å². The summed E-state index contributed by atoms with van der Waals surface area (Å²) in [6.45, 7) is 3.02. The Kier molecular flexibility index (Phi) is 2.61. The SMILES string of the molecule is CCCn1nncc1C1CCC(=O)C1. The lowest BCUT2D eigenvalue weighted by Crippen LogP contribution is -2.07. The molecule has 1 aromatic heterocycles. The molecule has 0 aliphatic heterocycles. The lowest BCUT2D eigenvalue weighted by Gasteiger charge is -2.09. The highest BCUT2D eigenvalue weighted by Gasteiger charge is 2.26. The molecule has 1 fully saturated rings. The van der Waals surface area contributed by atoms with Crippen molar-refractivity contribution in [3.63, 3.8) is 0 Å². The molecular formula is C10H15N3O. The van der Waals surface area contributed by atoms with Crippen molar-refractivity contribution < 1.29 is 4.79 Å². The maximum Gasteiger partial charge on any atom is 0.133 e. The van der Waals surface area contributed by atoms with Gasteiger partial charge in [0.15, 0.2) is 0 Å². The van der Waals surface area contributed by atoms with Gasteiger partial charge in [-0.25, -0.2) is 4.68 Å². The van der Waals surface area contributed by atoms with Crippen LogP contribution in [-0.4, -0.2) is 20.8 Å². The van der Waals surface area contributed by atoms with Crippen LogP contribution in [0.4, 0.5) is 0 Å². The van der Waals surface area contributed by atoms with Gasteiger partial charge in [0.1, 0.15) is 5.78 Å². The molecule has 1 aliphatic carbocycles. The van der Waals surface area contributed by atoms with Crippen LogP contribution < -0.4 is 0 Å². The number of carbonyl (C=O) groups is 1. The van der Waals surface area contributed by atoms with Crippen LogP contribution in [0.2, 0.25) is 0 Å². The van der Waals surface area contributed by atoms with Crippen molar-refractivity contribution >= 4 is 5.78 Å². The van der Waals surface area contributed by atoms with Gasteiger partial charge >= 0.3 is 0 Å². The summed E-state index contributed by atoms with van der Waals surface area (Å²) in [7, 11) is 0. The number of hydrogen-bond acceptors (Lipinski definition) is 3. The lowest BCUT2D eigenvalue weighted by atomic mass is 10.0. The molecule has 2 rings (SSSR count). The van der Waals surface area contributed by atoms with Gasteiger partial charge in [-0.1, -0.05) is 12.1 Å². The zero-order chi connectivity index (χ0) is 9.97. The smallest absolute Gasteiger partial charge is 0.133 e. The van der Waals surface area contributed by atoms with Crippen molar-refractivity contribution in [2.75, 3.05) is 0 Å². The fourth-order valence-electron chi connectivity index (χ4n) is 2.03. The van der Waals surface area contributed by atoms with E-state index in [-0.39, 0.29) is 0 Å². The first-order valence-corrected chi connectivity index (χ1v) is 5.21. The highest BCUT2D eigenvalue weighted by atomic mass is 16.1. The number of nitrogens with zero attached hydrogens (tertiary/aromatic N) is 3. The summed E-state index contributed by atoms with van der Waals surface area (Å²) in [6.07, 6.45) is 5.23. The summed E-state index contributed by atoms with van der Waals surface area (Å²) in [5.41, 5.74) is 1.14. The minimum atomic E-state index is 0.365. The van der Waals surface area contributed by atoms with Gasteiger partial charge in [-0.15, -0.1) is 5.10 Å². The molecule has 1 saturated carbocycles. The normalized spacial score (nSPS) is 21.8. The Labute approximate surface area is 83.3 Å². The molecule has 4 heteroatoms. The Bertz CT molecular complexity index is 332. The molecule has 1 aromatic rings. The predicted molar refractivity (Wildman–Crippen MR) is 51.9 cm³/mol. The Morgan fingerprint density at radius 2 is 2.50 bits per heavy atom. The summed E-state index contributed by atoms with van der Waals surface area (Å²) in [5.74, 6) is 0.739. The lowest BCUT2D eigenvalue weighted by molar-refractivity contribution is -0.117. The summed E-state index contributed by atoms with van der Waals surface area (Å²) in [6, 6.07) is 0. The highest BCUT2D eigenvalue weighted by Crippen LogP contribution is 2.31. The first-order chi connectivity index (χ1) is 6.81. The zero-order valence-electron chi connectivity index (χ0n) is 8.44. The van der Waals surface area contributed by atoms with Crippen molar-refractivity contribution in [3.05, 3.63) is 11.9 Å². The quantitative estimate of drug-likeness (QED) is 0.731. The van der Waals surface area contributed by atoms with Gasteiger partial charge in [0.2, 0.25) is 0 Å². The summed E-state index contributed by atoms with van der Waals surface area (Å²) in [4.78, 5) is 11.2. The maximum atomic E-state index is 11.2. The number of ketones is 1. The molecule has 4 nitrogen and oxygen atoms in total. The second-order valence-corrected chi connectivity index (χ2v) is 3.86. The predicted octanol–water partition coefficient (Wildman–Crippen LogP) is 1.52. The van der Waals surface area contributed by atoms with Gasteiger partial charge in [0.05, 0.1) is 11.9 Å². The highest BCUT2D eigenvalue weighted by molar-refractivity contribution is 5.81. The monoisotopic (exact) mass is 193 g/mol. The third kappa shape index (κ3) is 1.69. The summed E-state index contributed by atoms with van der Waals surface area (Å²) in [5, 5.41) is 7.94. The number of rotatable bonds is 3. The van der Waals surface area contributed by atoms with E-state index in [9.17, 15) is 4.79 Å². The van der Waals surface area contributed by atoms with Gasteiger partial charge in [0, 0.05) is 25.3 Å². The number of Topliss-reactive ketones (excluding diaryl/α,β-unsaturated/α-hetero) is 1. The van der Waals surface area contributed by atoms with Crippen LogP contribution in [0.25, 0.3) is 0 Å². The summed E-state index contributed by atoms with van der Waals surface area (Å²) < 4.78 is 1.93. The van der Waals surface area contributed by atoms with E-state index in [4.69, 9.17) is 0 Å². The molecule has 0 spiro atoms. The molecule has 0 N–H and O–H groups in total. The minimum absolute atomic E-state index is 0.365. The van der Waals surface area contributed by atoms with E-state index in [2.05, 4.69) is 17.2 Å². The molecule has 0 radical (unpaired) electrons. The topological polar surface area (TPSA) is 47.8 Å². The maximum absolute atomic E-state index is 11.2. The van der Waals surface area contributed by atoms with Crippen LogP contribution >= 0.6 is 0 Å². The Hall–Kier alpha value is -1.19. The first-order valence-electron chi connectivity index (χ1n) is 5.21. The Morgan fingerprint density at radius 1 is 1.64 bits per heavy atom. The third-order valence-electron chi connectivity index (χ3n) is 2.75. The van der Waals surface area contributed by atoms with E-state index < -0.39 is 0 Å². The van der Waals surface area contributed by atoms with Crippen LogP contribution in [0.15, 0.2) is 6.20 Å². The second-order valence-electron chi connectivity index (χ2n) is 3.86. The molecule has 1 atom stereocenters. The number of hydrogen-bond donors (Lipinski definition) is 0. The minimum Gasteiger partial charge on any atom is -0.300 e. The van der Waals surface area contributed by atoms with Gasteiger partial charge < -0.3 is 0 Å². The first kappa shape index (κ1) is 9.37. The van der Waals surface area contributed by atoms with E-state index in [1.54, 1.807) is 6.20 Å². The molecule has 0 bridgehead atoms. The van der Waals surface area contributed by atoms with E-state index >= 15 is 0 Å². The molecule has 76 valence electrons. The van der Waals surface area contributed by atoms with Crippen LogP contribution in [0.5, 0.6) is 0 Å². The van der Waals surface area contributed by atoms with Gasteiger partial charge in [-0.3, -0.25) is 4.79 Å². The van der Waals surface area contributed by atoms with E-state index in [1.165, 1.54) is 0 Å². The van der Waals surface area contributed by atoms with Gasteiger partial charge in [-0.05, 0) is 12.8 Å². The van der Waals surface area contributed by atoms with Crippen LogP contribution in [0, 0.1) is 0 Å². The van der Waals surface area contributed by atoms with Crippen molar-refractivity contribution in [1.29, 1.82) is 0 Å². The molecule has 0 saturated heterocycles. The van der Waals surface area contributed by atoms with Crippen molar-refractivity contribution in [3.8, 4) is 0 Å². The van der Waals surface area contributed by atoms with Crippen molar-refractivity contribution in [1.82, 2.24) is 15.0 Å². The average molecular weight is 193 g/mol. The van der Waals surface area contributed by atoms with E-state index in [1.807, 2.05) is 4.68 Å². The molecule has 1 heterocycles. The molecular weight excluding hydrogens is 178 g/mol. The largest absolute Gasteiger partial charge is 0.300 e. The van der Waals surface area contributed by atoms with Gasteiger partial charge in [0.25, 0.3) is 0 Å². The Balaban J connectivity index is 2.14. The second kappa shape index (κ2) is 3.90. The standard InChI is InChI=1S/C10H15N3O/c1-2-5-13-10(7-11-12-13)8-3-4-9(14)6-8/h7-8H,2-6H2,1H3. The van der Waals surface area contributed by atoms with Crippen LogP contribution in [0.1, 0.15) is 44.2 Å². The molecule has 0 amide bonds. The molecule has 1 aliphatic rings. The average Bonchev–Trinajstić information content (AvgIpc) is 2.74. The van der Waals surface area contributed by atoms with Gasteiger partial charge in [-0.2, -0.15) is 0 Å². The number of aromatic nitrogens is 3. The summed E-state index contributed by atoms with van der Waals surface area (Å²) >= 11 is 0. The van der Waals surface area contributed by atoms with Crippen molar-refractivity contribution in [2.24, 2.45) is 0 Å².